The molecule has 4 aliphatic carbocycles. The summed E-state index contributed by atoms with van der Waals surface area (Å²) in [5.74, 6) is -2.02. The first kappa shape index (κ1) is 21.9. The molecule has 10 atom stereocenters. The second-order valence-corrected chi connectivity index (χ2v) is 11.9. The van der Waals surface area contributed by atoms with Crippen molar-refractivity contribution in [1.29, 1.82) is 0 Å². The highest BCUT2D eigenvalue weighted by atomic mass is 19.1. The van der Waals surface area contributed by atoms with Crippen LogP contribution in [0.4, 0.5) is 8.78 Å². The van der Waals surface area contributed by atoms with Gasteiger partial charge < -0.3 is 24.1 Å². The van der Waals surface area contributed by atoms with Crippen molar-refractivity contribution < 1.29 is 32.8 Å². The van der Waals surface area contributed by atoms with Crippen LogP contribution < -0.4 is 0 Å². The number of hydrogen-bond donors (Lipinski definition) is 2. The Balaban J connectivity index is 1.37. The number of nitrogens with zero attached hydrogens (tertiary/aromatic N) is 1. The lowest BCUT2D eigenvalue weighted by atomic mass is 9.43. The molecule has 7 rings (SSSR count). The van der Waals surface area contributed by atoms with Gasteiger partial charge >= 0.3 is 0 Å². The van der Waals surface area contributed by atoms with Crippen molar-refractivity contribution in [1.82, 2.24) is 10.2 Å². The van der Waals surface area contributed by atoms with Crippen LogP contribution >= 0.6 is 0 Å². The number of aromatic nitrogens is 2. The third kappa shape index (κ3) is 2.12. The first-order chi connectivity index (χ1) is 16.1. The smallest absolute Gasteiger partial charge is 0.227 e. The van der Waals surface area contributed by atoms with Crippen LogP contribution in [0, 0.1) is 28.6 Å². The Morgan fingerprint density at radius 1 is 1.15 bits per heavy atom. The molecule has 0 bridgehead atoms. The lowest BCUT2D eigenvalue weighted by Crippen LogP contribution is -2.73. The molecule has 34 heavy (non-hydrogen) atoms. The number of aromatic amines is 1. The highest BCUT2D eigenvalue weighted by Gasteiger charge is 2.82. The summed E-state index contributed by atoms with van der Waals surface area (Å²) in [6, 6.07) is 0. The summed E-state index contributed by atoms with van der Waals surface area (Å²) in [7, 11) is 0. The molecule has 2 saturated heterocycles. The molecule has 2 N–H and O–H groups in total. The Morgan fingerprint density at radius 2 is 1.94 bits per heavy atom. The third-order valence-corrected chi connectivity index (χ3v) is 10.8. The first-order valence-electron chi connectivity index (χ1n) is 12.4. The van der Waals surface area contributed by atoms with Crippen molar-refractivity contribution in [2.24, 2.45) is 28.6 Å². The summed E-state index contributed by atoms with van der Waals surface area (Å²) in [5, 5.41) is 18.7. The van der Waals surface area contributed by atoms with Gasteiger partial charge in [0.2, 0.25) is 5.79 Å². The molecule has 1 aromatic heterocycles. The van der Waals surface area contributed by atoms with Crippen LogP contribution in [0.2, 0.25) is 0 Å². The zero-order valence-electron chi connectivity index (χ0n) is 19.8. The summed E-state index contributed by atoms with van der Waals surface area (Å²) < 4.78 is 57.7. The van der Waals surface area contributed by atoms with E-state index in [1.54, 1.807) is 19.2 Å². The van der Waals surface area contributed by atoms with Gasteiger partial charge in [0, 0.05) is 16.7 Å². The van der Waals surface area contributed by atoms with Gasteiger partial charge in [-0.25, -0.2) is 8.78 Å². The van der Waals surface area contributed by atoms with Crippen molar-refractivity contribution in [2.75, 3.05) is 20.2 Å². The molecule has 7 nitrogen and oxygen atoms in total. The van der Waals surface area contributed by atoms with Crippen LogP contribution in [0.15, 0.2) is 11.8 Å². The van der Waals surface area contributed by atoms with Crippen LogP contribution in [-0.4, -0.2) is 64.8 Å². The monoisotopic (exact) mass is 478 g/mol. The normalized spacial score (nSPS) is 55.7. The van der Waals surface area contributed by atoms with Gasteiger partial charge in [0.15, 0.2) is 13.6 Å². The van der Waals surface area contributed by atoms with Gasteiger partial charge in [0.1, 0.15) is 24.0 Å². The summed E-state index contributed by atoms with van der Waals surface area (Å²) in [6.07, 6.45) is 1.99. The topological polar surface area (TPSA) is 85.8 Å². The van der Waals surface area contributed by atoms with E-state index < -0.39 is 46.1 Å². The van der Waals surface area contributed by atoms with E-state index in [4.69, 9.17) is 18.9 Å². The number of aliphatic hydroxyl groups is 1. The molecule has 1 aromatic rings. The van der Waals surface area contributed by atoms with E-state index >= 15 is 8.78 Å². The molecule has 0 aromatic carbocycles. The van der Waals surface area contributed by atoms with Crippen molar-refractivity contribution in [3.63, 3.8) is 0 Å². The van der Waals surface area contributed by atoms with Gasteiger partial charge in [-0.15, -0.1) is 0 Å². The number of aliphatic hydroxyl groups excluding tert-OH is 1. The lowest BCUT2D eigenvalue weighted by molar-refractivity contribution is -0.281. The second-order valence-electron chi connectivity index (χ2n) is 11.9. The minimum Gasteiger partial charge on any atom is -0.390 e. The first-order valence-corrected chi connectivity index (χ1v) is 12.4. The van der Waals surface area contributed by atoms with Gasteiger partial charge in [0.25, 0.3) is 0 Å². The van der Waals surface area contributed by atoms with Crippen LogP contribution in [-0.2, 0) is 25.4 Å². The Morgan fingerprint density at radius 3 is 2.71 bits per heavy atom. The molecule has 6 aliphatic rings. The minimum absolute atomic E-state index is 0.0344. The fourth-order valence-electron chi connectivity index (χ4n) is 9.49. The fraction of sp³-hybridized carbons (Fsp3) is 0.800. The predicted molar refractivity (Wildman–Crippen MR) is 116 cm³/mol. The van der Waals surface area contributed by atoms with E-state index in [9.17, 15) is 5.11 Å². The molecule has 2 spiro atoms. The van der Waals surface area contributed by atoms with Gasteiger partial charge in [-0.2, -0.15) is 5.10 Å². The number of hydrogen-bond acceptors (Lipinski definition) is 6. The number of ether oxygens (including phenoxy) is 4. The van der Waals surface area contributed by atoms with Crippen LogP contribution in [0.5, 0.6) is 0 Å². The molecule has 186 valence electrons. The molecule has 0 amide bonds. The number of halogens is 2. The van der Waals surface area contributed by atoms with E-state index in [-0.39, 0.29) is 44.9 Å². The molecule has 3 saturated carbocycles. The minimum atomic E-state index is -1.98. The second kappa shape index (κ2) is 6.48. The maximum absolute atomic E-state index is 17.7. The third-order valence-electron chi connectivity index (χ3n) is 10.8. The Hall–Kier alpha value is -1.39. The van der Waals surface area contributed by atoms with Gasteiger partial charge in [-0.1, -0.05) is 20.8 Å². The van der Waals surface area contributed by atoms with Gasteiger partial charge in [-0.3, -0.25) is 5.10 Å². The molecule has 2 aliphatic heterocycles. The van der Waals surface area contributed by atoms with Crippen molar-refractivity contribution in [3.05, 3.63) is 23.0 Å². The Kier molecular flexibility index (Phi) is 4.17. The number of rotatable bonds is 0. The Bertz CT molecular complexity index is 1070. The maximum Gasteiger partial charge on any atom is 0.227 e. The fourth-order valence-corrected chi connectivity index (χ4v) is 9.49. The molecule has 1 unspecified atom stereocenters. The highest BCUT2D eigenvalue weighted by molar-refractivity contribution is 5.61. The zero-order chi connectivity index (χ0) is 23.7. The molecular formula is C25H32F2N2O5. The highest BCUT2D eigenvalue weighted by Crippen LogP contribution is 2.74. The number of fused-ring (bicyclic) bond motifs is 8. The quantitative estimate of drug-likeness (QED) is 0.595. The summed E-state index contributed by atoms with van der Waals surface area (Å²) in [5.41, 5.74) is -2.71. The van der Waals surface area contributed by atoms with E-state index in [0.29, 0.717) is 18.4 Å². The standard InChI is InChI=1S/C25H32F2N2O5/c1-13-4-15-16-5-18(26)17-6-19-14(9-28-29-19)7-21(17,2)24(16,27)20(30)8-22(15,3)25(13)23(33-12-34-25)10-31-11-32-23/h6,9,13,15-16,18,20,30H,4-5,7-8,10-12H2,1-3H3,(H,28,29)/t13-,15-,16-,18-,20-,21-,22-,23?,24-,25+/m0/s1. The average Bonchev–Trinajstić information content (AvgIpc) is 3.56. The number of H-pyrrole nitrogens is 1. The molecule has 3 heterocycles. The Labute approximate surface area is 197 Å². The van der Waals surface area contributed by atoms with Crippen LogP contribution in [0.1, 0.15) is 51.3 Å². The number of allylic oxidation sites excluding steroid dienone is 1. The predicted octanol–water partition coefficient (Wildman–Crippen LogP) is 3.29. The number of alkyl halides is 2. The summed E-state index contributed by atoms with van der Waals surface area (Å²) in [4.78, 5) is 0. The van der Waals surface area contributed by atoms with E-state index in [2.05, 4.69) is 24.0 Å². The molecule has 9 heteroatoms. The van der Waals surface area contributed by atoms with Crippen LogP contribution in [0.25, 0.3) is 6.08 Å². The van der Waals surface area contributed by atoms with Gasteiger partial charge in [-0.05, 0) is 54.7 Å². The maximum atomic E-state index is 17.7. The SMILES string of the molecule is C[C@H]1C[C@H]2[C@@H]3C[C@H](F)C4=Cc5[nH]ncc5C[C@]4(C)[C@@]3(F)[C@@H](O)C[C@]2(C)[C@]12OCOC21COCO1. The molecule has 5 fully saturated rings. The molecular weight excluding hydrogens is 446 g/mol. The van der Waals surface area contributed by atoms with E-state index in [1.165, 1.54) is 0 Å². The van der Waals surface area contributed by atoms with Crippen molar-refractivity contribution in [2.45, 2.75) is 75.8 Å². The molecule has 0 radical (unpaired) electrons. The average molecular weight is 479 g/mol. The van der Waals surface area contributed by atoms with E-state index in [0.717, 1.165) is 11.3 Å². The zero-order valence-corrected chi connectivity index (χ0v) is 19.8. The number of nitrogens with one attached hydrogen (secondary N) is 1. The van der Waals surface area contributed by atoms with Gasteiger partial charge in [0.05, 0.1) is 18.0 Å². The summed E-state index contributed by atoms with van der Waals surface area (Å²) in [6.45, 7) is 6.30. The van der Waals surface area contributed by atoms with Crippen molar-refractivity contribution >= 4 is 6.08 Å². The van der Waals surface area contributed by atoms with E-state index in [1.807, 2.05) is 0 Å². The van der Waals surface area contributed by atoms with Crippen molar-refractivity contribution in [3.8, 4) is 0 Å². The lowest BCUT2D eigenvalue weighted by Gasteiger charge is -2.64. The van der Waals surface area contributed by atoms with Crippen LogP contribution in [0.3, 0.4) is 0 Å². The largest absolute Gasteiger partial charge is 0.390 e. The summed E-state index contributed by atoms with van der Waals surface area (Å²) >= 11 is 0.